The van der Waals surface area contributed by atoms with E-state index >= 15 is 0 Å². The van der Waals surface area contributed by atoms with Crippen molar-refractivity contribution in [1.29, 1.82) is 5.26 Å². The van der Waals surface area contributed by atoms with Gasteiger partial charge in [-0.15, -0.1) is 0 Å². The van der Waals surface area contributed by atoms with Crippen LogP contribution >= 0.6 is 0 Å². The summed E-state index contributed by atoms with van der Waals surface area (Å²) in [7, 11) is 4.25. The molecule has 0 atom stereocenters. The molecule has 0 aliphatic carbocycles. The smallest absolute Gasteiger partial charge is 0.343 e. The minimum absolute atomic E-state index is 0.0561. The summed E-state index contributed by atoms with van der Waals surface area (Å²) >= 11 is 0. The second kappa shape index (κ2) is 11.9. The lowest BCUT2D eigenvalue weighted by Gasteiger charge is -2.11. The summed E-state index contributed by atoms with van der Waals surface area (Å²) in [6.07, 6.45) is 1.24. The number of methoxy groups -OCH3 is 3. The second-order valence-corrected chi connectivity index (χ2v) is 7.29. The number of esters is 1. The number of rotatable bonds is 9. The van der Waals surface area contributed by atoms with Crippen LogP contribution in [0.3, 0.4) is 0 Å². The fraction of sp³-hybridized carbons (Fsp3) is 0.115. The van der Waals surface area contributed by atoms with Gasteiger partial charge in [0.2, 0.25) is 0 Å². The van der Waals surface area contributed by atoms with Crippen LogP contribution in [0.1, 0.15) is 15.9 Å². The molecule has 0 unspecified atom stereocenters. The first-order chi connectivity index (χ1) is 17.8. The van der Waals surface area contributed by atoms with Crippen LogP contribution in [0.4, 0.5) is 11.4 Å². The number of benzene rings is 3. The Kier molecular flexibility index (Phi) is 8.41. The number of nitro groups is 1. The van der Waals surface area contributed by atoms with E-state index in [0.29, 0.717) is 11.3 Å². The molecule has 0 bridgehead atoms. The lowest BCUT2D eigenvalue weighted by atomic mass is 10.1. The highest BCUT2D eigenvalue weighted by molar-refractivity contribution is 6.10. The van der Waals surface area contributed by atoms with Crippen molar-refractivity contribution in [3.05, 3.63) is 87.5 Å². The number of nitro benzene ring substituents is 1. The van der Waals surface area contributed by atoms with E-state index in [0.717, 1.165) is 6.07 Å². The van der Waals surface area contributed by atoms with E-state index in [4.69, 9.17) is 18.9 Å². The maximum atomic E-state index is 12.7. The molecular formula is C26H21N3O8. The van der Waals surface area contributed by atoms with Crippen molar-refractivity contribution in [3.63, 3.8) is 0 Å². The van der Waals surface area contributed by atoms with Gasteiger partial charge in [-0.25, -0.2) is 4.79 Å². The molecule has 3 aromatic carbocycles. The van der Waals surface area contributed by atoms with Crippen LogP contribution in [0.15, 0.2) is 66.2 Å². The summed E-state index contributed by atoms with van der Waals surface area (Å²) in [5.41, 5.74) is -0.248. The lowest BCUT2D eigenvalue weighted by molar-refractivity contribution is -0.384. The van der Waals surface area contributed by atoms with E-state index in [1.807, 2.05) is 0 Å². The van der Waals surface area contributed by atoms with Crippen LogP contribution in [0, 0.1) is 21.4 Å². The Balaban J connectivity index is 1.86. The van der Waals surface area contributed by atoms with Crippen molar-refractivity contribution in [2.45, 2.75) is 0 Å². The number of amides is 1. The third-order valence-corrected chi connectivity index (χ3v) is 5.04. The number of nitrogens with one attached hydrogen (secondary N) is 1. The Labute approximate surface area is 211 Å². The molecule has 3 rings (SSSR count). The zero-order valence-corrected chi connectivity index (χ0v) is 20.0. The zero-order chi connectivity index (χ0) is 26.9. The van der Waals surface area contributed by atoms with E-state index < -0.39 is 22.5 Å². The molecule has 3 aromatic rings. The van der Waals surface area contributed by atoms with Gasteiger partial charge >= 0.3 is 5.97 Å². The molecule has 0 heterocycles. The molecule has 0 fully saturated rings. The zero-order valence-electron chi connectivity index (χ0n) is 20.0. The van der Waals surface area contributed by atoms with Gasteiger partial charge in [0.25, 0.3) is 11.6 Å². The van der Waals surface area contributed by atoms with Crippen molar-refractivity contribution in [3.8, 4) is 29.1 Å². The molecule has 11 heteroatoms. The van der Waals surface area contributed by atoms with Crippen molar-refractivity contribution >= 4 is 29.3 Å². The minimum Gasteiger partial charge on any atom is -0.497 e. The molecule has 0 radical (unpaired) electrons. The molecule has 0 saturated heterocycles. The molecule has 37 heavy (non-hydrogen) atoms. The van der Waals surface area contributed by atoms with Gasteiger partial charge in [-0.05, 0) is 60.2 Å². The highest BCUT2D eigenvalue weighted by Gasteiger charge is 2.20. The largest absolute Gasteiger partial charge is 0.497 e. The van der Waals surface area contributed by atoms with Crippen LogP contribution in [0.25, 0.3) is 6.08 Å². The number of anilines is 1. The lowest BCUT2D eigenvalue weighted by Crippen LogP contribution is -2.14. The van der Waals surface area contributed by atoms with Gasteiger partial charge in [0.05, 0.1) is 37.9 Å². The van der Waals surface area contributed by atoms with Crippen molar-refractivity contribution in [2.75, 3.05) is 26.6 Å². The molecule has 0 aromatic heterocycles. The molecule has 0 saturated carbocycles. The van der Waals surface area contributed by atoms with Crippen molar-refractivity contribution in [1.82, 2.24) is 0 Å². The Hall–Kier alpha value is -5.37. The normalized spacial score (nSPS) is 10.6. The summed E-state index contributed by atoms with van der Waals surface area (Å²) in [6, 6.07) is 16.4. The Bertz CT molecular complexity index is 1410. The summed E-state index contributed by atoms with van der Waals surface area (Å²) in [6.45, 7) is 0. The summed E-state index contributed by atoms with van der Waals surface area (Å²) < 4.78 is 20.8. The molecular weight excluding hydrogens is 482 g/mol. The summed E-state index contributed by atoms with van der Waals surface area (Å²) in [5.74, 6) is -0.425. The third kappa shape index (κ3) is 6.40. The average Bonchev–Trinajstić information content (AvgIpc) is 2.91. The first-order valence-corrected chi connectivity index (χ1v) is 10.6. The highest BCUT2D eigenvalue weighted by atomic mass is 16.6. The first kappa shape index (κ1) is 26.2. The van der Waals surface area contributed by atoms with Crippen LogP contribution in [-0.4, -0.2) is 38.1 Å². The van der Waals surface area contributed by atoms with E-state index in [2.05, 4.69) is 5.32 Å². The number of nitrogens with zero attached hydrogens (tertiary/aromatic N) is 2. The van der Waals surface area contributed by atoms with Crippen LogP contribution in [0.2, 0.25) is 0 Å². The Morgan fingerprint density at radius 2 is 1.59 bits per heavy atom. The molecule has 1 amide bonds. The quantitative estimate of drug-likeness (QED) is 0.112. The number of carbonyl (C=O) groups excluding carboxylic acids is 2. The number of hydrogen-bond donors (Lipinski definition) is 1. The van der Waals surface area contributed by atoms with E-state index in [1.165, 1.54) is 63.8 Å². The predicted molar refractivity (Wildman–Crippen MR) is 133 cm³/mol. The summed E-state index contributed by atoms with van der Waals surface area (Å²) in [5, 5.41) is 23.3. The summed E-state index contributed by atoms with van der Waals surface area (Å²) in [4.78, 5) is 36.0. The standard InChI is InChI=1S/C26H21N3O8/c1-34-19-7-5-17(6-8-19)26(31)37-24-13-16(4-11-23(24)36-3)12-18(15-27)25(30)28-21-10-9-20(35-2)14-22(21)29(32)33/h4-14H,1-3H3,(H,28,30)/b18-12+. The minimum atomic E-state index is -0.872. The average molecular weight is 503 g/mol. The number of nitriles is 1. The monoisotopic (exact) mass is 503 g/mol. The maximum Gasteiger partial charge on any atom is 0.343 e. The third-order valence-electron chi connectivity index (χ3n) is 5.04. The van der Waals surface area contributed by atoms with Gasteiger partial charge in [-0.2, -0.15) is 5.26 Å². The molecule has 0 aliphatic rings. The van der Waals surface area contributed by atoms with Crippen LogP contribution in [-0.2, 0) is 4.79 Å². The van der Waals surface area contributed by atoms with E-state index in [9.17, 15) is 25.0 Å². The van der Waals surface area contributed by atoms with E-state index in [1.54, 1.807) is 24.3 Å². The Morgan fingerprint density at radius 3 is 2.19 bits per heavy atom. The van der Waals surface area contributed by atoms with Gasteiger partial charge in [0.1, 0.15) is 28.8 Å². The van der Waals surface area contributed by atoms with Crippen LogP contribution < -0.4 is 24.3 Å². The molecule has 0 aliphatic heterocycles. The number of ether oxygens (including phenoxy) is 4. The van der Waals surface area contributed by atoms with Gasteiger partial charge in [0, 0.05) is 0 Å². The molecule has 1 N–H and O–H groups in total. The maximum absolute atomic E-state index is 12.7. The SMILES string of the molecule is COc1ccc(C(=O)Oc2cc(/C=C(\C#N)C(=O)Nc3ccc(OC)cc3[N+](=O)[O-])ccc2OC)cc1. The van der Waals surface area contributed by atoms with Crippen molar-refractivity contribution in [2.24, 2.45) is 0 Å². The topological polar surface area (TPSA) is 150 Å². The first-order valence-electron chi connectivity index (χ1n) is 10.6. The van der Waals surface area contributed by atoms with Gasteiger partial charge in [-0.3, -0.25) is 14.9 Å². The van der Waals surface area contributed by atoms with Crippen molar-refractivity contribution < 1.29 is 33.5 Å². The van der Waals surface area contributed by atoms with Gasteiger partial charge in [0.15, 0.2) is 11.5 Å². The second-order valence-electron chi connectivity index (χ2n) is 7.29. The molecule has 11 nitrogen and oxygen atoms in total. The Morgan fingerprint density at radius 1 is 0.919 bits per heavy atom. The molecule has 188 valence electrons. The predicted octanol–water partition coefficient (Wildman–Crippen LogP) is 4.39. The highest BCUT2D eigenvalue weighted by Crippen LogP contribution is 2.31. The van der Waals surface area contributed by atoms with Gasteiger partial charge in [-0.1, -0.05) is 6.07 Å². The van der Waals surface area contributed by atoms with Crippen LogP contribution in [0.5, 0.6) is 23.0 Å². The van der Waals surface area contributed by atoms with E-state index in [-0.39, 0.29) is 34.1 Å². The number of carbonyl (C=O) groups is 2. The fourth-order valence-electron chi connectivity index (χ4n) is 3.15. The fourth-order valence-corrected chi connectivity index (χ4v) is 3.15. The number of hydrogen-bond acceptors (Lipinski definition) is 9. The van der Waals surface area contributed by atoms with Gasteiger partial charge < -0.3 is 24.3 Å². The molecule has 0 spiro atoms.